The first-order valence-electron chi connectivity index (χ1n) is 13.8. The van der Waals surface area contributed by atoms with E-state index in [1.165, 1.54) is 4.52 Å². The molecule has 0 radical (unpaired) electrons. The number of halogens is 3. The number of fused-ring (bicyclic) bond motifs is 2. The van der Waals surface area contributed by atoms with Gasteiger partial charge < -0.3 is 11.5 Å². The molecule has 12 heteroatoms. The Bertz CT molecular complexity index is 2010. The highest BCUT2D eigenvalue weighted by Gasteiger charge is 2.53. The largest absolute Gasteiger partial charge is 0.368 e. The van der Waals surface area contributed by atoms with Crippen LogP contribution in [-0.4, -0.2) is 37.0 Å². The molecule has 1 atom stereocenters. The summed E-state index contributed by atoms with van der Waals surface area (Å²) in [6.07, 6.45) is 3.19. The fourth-order valence-electron chi connectivity index (χ4n) is 5.78. The summed E-state index contributed by atoms with van der Waals surface area (Å²) in [7, 11) is 0. The minimum absolute atomic E-state index is 0.160. The van der Waals surface area contributed by atoms with E-state index >= 15 is 0 Å². The first-order chi connectivity index (χ1) is 21.0. The Kier molecular flexibility index (Phi) is 7.63. The number of nitrogens with zero attached hydrogens (tertiary/aromatic N) is 2. The molecule has 7 rings (SSSR count). The molecular formula is C32H26BrCl2N5O4. The number of rotatable bonds is 7. The molecule has 0 aliphatic heterocycles. The summed E-state index contributed by atoms with van der Waals surface area (Å²) >= 11 is 14.9. The summed E-state index contributed by atoms with van der Waals surface area (Å²) in [4.78, 5) is 52.1. The van der Waals surface area contributed by atoms with Crippen molar-refractivity contribution in [3.05, 3.63) is 116 Å². The highest BCUT2D eigenvalue weighted by atomic mass is 79.9. The summed E-state index contributed by atoms with van der Waals surface area (Å²) in [5.41, 5.74) is 13.3. The molecule has 2 fully saturated rings. The number of Topliss-reactive ketones (excluding diaryl/α,β-unsaturated/α-hetero) is 1. The topological polar surface area (TPSA) is 153 Å². The molecular weight excluding hydrogens is 669 g/mol. The van der Waals surface area contributed by atoms with E-state index in [0.717, 1.165) is 36.8 Å². The van der Waals surface area contributed by atoms with Crippen molar-refractivity contribution in [1.82, 2.24) is 14.6 Å². The zero-order valence-corrected chi connectivity index (χ0v) is 26.2. The van der Waals surface area contributed by atoms with E-state index < -0.39 is 22.1 Å². The Morgan fingerprint density at radius 3 is 1.95 bits per heavy atom. The van der Waals surface area contributed by atoms with Crippen LogP contribution in [0.3, 0.4) is 0 Å². The number of alkyl halides is 1. The van der Waals surface area contributed by atoms with Gasteiger partial charge in [-0.05, 0) is 73.2 Å². The molecule has 224 valence electrons. The number of aromatic amines is 1. The molecule has 2 heterocycles. The lowest BCUT2D eigenvalue weighted by molar-refractivity contribution is -0.126. The summed E-state index contributed by atoms with van der Waals surface area (Å²) in [5.74, 6) is -1.41. The number of aromatic nitrogens is 3. The lowest BCUT2D eigenvalue weighted by atomic mass is 9.89. The lowest BCUT2D eigenvalue weighted by Crippen LogP contribution is -2.37. The van der Waals surface area contributed by atoms with Crippen molar-refractivity contribution in [3.8, 4) is 0 Å². The number of hydrogen-bond donors (Lipinski definition) is 3. The summed E-state index contributed by atoms with van der Waals surface area (Å²) in [6, 6.07) is 21.7. The lowest BCUT2D eigenvalue weighted by Gasteiger charge is -2.16. The van der Waals surface area contributed by atoms with Gasteiger partial charge in [-0.1, -0.05) is 75.5 Å². The number of nitrogens with one attached hydrogen (secondary N) is 1. The summed E-state index contributed by atoms with van der Waals surface area (Å²) < 4.78 is 1.33. The van der Waals surface area contributed by atoms with Crippen LogP contribution in [0.4, 0.5) is 0 Å². The molecule has 3 aromatic carbocycles. The van der Waals surface area contributed by atoms with Crippen molar-refractivity contribution in [3.63, 3.8) is 0 Å². The van der Waals surface area contributed by atoms with Gasteiger partial charge in [0.05, 0.1) is 22.0 Å². The Balaban J connectivity index is 0.000000174. The van der Waals surface area contributed by atoms with Gasteiger partial charge >= 0.3 is 0 Å². The second-order valence-corrected chi connectivity index (χ2v) is 12.9. The van der Waals surface area contributed by atoms with E-state index in [0.29, 0.717) is 26.6 Å². The number of benzene rings is 3. The average molecular weight is 695 g/mol. The molecule has 5 aromatic rings. The molecule has 1 unspecified atom stereocenters. The van der Waals surface area contributed by atoms with Crippen LogP contribution >= 0.6 is 39.1 Å². The maximum Gasteiger partial charge on any atom is 0.280 e. The number of H-pyrrole nitrogens is 1. The molecule has 2 aromatic heterocycles. The van der Waals surface area contributed by atoms with Crippen molar-refractivity contribution in [2.75, 3.05) is 0 Å². The summed E-state index contributed by atoms with van der Waals surface area (Å²) in [5, 5.41) is 4.88. The smallest absolute Gasteiger partial charge is 0.280 e. The van der Waals surface area contributed by atoms with Gasteiger partial charge in [-0.15, -0.1) is 0 Å². The molecule has 0 spiro atoms. The molecule has 44 heavy (non-hydrogen) atoms. The zero-order chi connectivity index (χ0) is 31.4. The Labute approximate surface area is 269 Å². The van der Waals surface area contributed by atoms with Gasteiger partial charge in [0.25, 0.3) is 11.5 Å². The molecule has 2 amide bonds. The number of hydrogen-bond acceptors (Lipinski definition) is 5. The minimum atomic E-state index is -0.916. The van der Waals surface area contributed by atoms with Gasteiger partial charge in [0, 0.05) is 15.5 Å². The van der Waals surface area contributed by atoms with Crippen LogP contribution in [0.15, 0.2) is 77.6 Å². The number of primary amides is 2. The van der Waals surface area contributed by atoms with Gasteiger partial charge in [0.2, 0.25) is 5.91 Å². The highest BCUT2D eigenvalue weighted by molar-refractivity contribution is 9.10. The second kappa shape index (κ2) is 11.2. The van der Waals surface area contributed by atoms with E-state index in [-0.39, 0.29) is 28.0 Å². The molecule has 2 aliphatic rings. The Hall–Kier alpha value is -3.99. The van der Waals surface area contributed by atoms with E-state index in [9.17, 15) is 19.2 Å². The molecule has 2 aliphatic carbocycles. The van der Waals surface area contributed by atoms with Crippen molar-refractivity contribution >= 4 is 73.3 Å². The van der Waals surface area contributed by atoms with Crippen LogP contribution < -0.4 is 17.0 Å². The molecule has 2 saturated carbocycles. The number of carbonyl (C=O) groups is 3. The Morgan fingerprint density at radius 1 is 0.864 bits per heavy atom. The molecule has 5 N–H and O–H groups in total. The predicted octanol–water partition coefficient (Wildman–Crippen LogP) is 5.20. The van der Waals surface area contributed by atoms with Crippen LogP contribution in [0.1, 0.15) is 52.9 Å². The quantitative estimate of drug-likeness (QED) is 0.158. The third-order valence-electron chi connectivity index (χ3n) is 8.44. The van der Waals surface area contributed by atoms with E-state index in [4.69, 9.17) is 34.7 Å². The molecule has 9 nitrogen and oxygen atoms in total. The van der Waals surface area contributed by atoms with Gasteiger partial charge in [0.15, 0.2) is 16.3 Å². The third kappa shape index (κ3) is 5.10. The van der Waals surface area contributed by atoms with E-state index in [2.05, 4.69) is 26.0 Å². The maximum absolute atomic E-state index is 12.9. The average Bonchev–Trinajstić information content (AvgIpc) is 3.94. The third-order valence-corrected chi connectivity index (χ3v) is 9.81. The van der Waals surface area contributed by atoms with Crippen molar-refractivity contribution < 1.29 is 14.4 Å². The highest BCUT2D eigenvalue weighted by Crippen LogP contribution is 2.54. The SMILES string of the molecule is NC(=O)C(Br)C(=O)C1(c2ccc(Cl)cc2)CC1.NC(=O)c1c(C2(c3ccc(Cl)cc3)CC2)[nH]n2c(=O)c3ccccc3nc12. The molecule has 0 bridgehead atoms. The van der Waals surface area contributed by atoms with Crippen LogP contribution in [-0.2, 0) is 20.4 Å². The monoisotopic (exact) mass is 693 g/mol. The fourth-order valence-corrected chi connectivity index (χ4v) is 6.47. The normalized spacial score (nSPS) is 16.5. The first-order valence-corrected chi connectivity index (χ1v) is 15.5. The molecule has 0 saturated heterocycles. The van der Waals surface area contributed by atoms with Gasteiger partial charge in [-0.2, -0.15) is 0 Å². The first kappa shape index (κ1) is 30.1. The van der Waals surface area contributed by atoms with E-state index in [1.54, 1.807) is 36.4 Å². The fraction of sp³-hybridized carbons (Fsp3) is 0.219. The number of carbonyl (C=O) groups excluding carboxylic acids is 3. The number of ketones is 1. The Morgan fingerprint density at radius 2 is 1.43 bits per heavy atom. The standard InChI is InChI=1S/C20H15ClN4O2.C12H11BrClNO2/c21-12-7-5-11(6-8-12)20(9-10-20)16-15(17(22)26)18-23-14-4-2-1-3-13(14)19(27)25(18)24-16;13-9(11(15)17)10(16)12(5-6-12)7-1-3-8(14)4-2-7/h1-8,24H,9-10H2,(H2,22,26);1-4,9H,5-6H2,(H2,15,17). The van der Waals surface area contributed by atoms with Gasteiger partial charge in [-0.25, -0.2) is 9.50 Å². The summed E-state index contributed by atoms with van der Waals surface area (Å²) in [6.45, 7) is 0. The zero-order valence-electron chi connectivity index (χ0n) is 23.1. The maximum atomic E-state index is 12.9. The number of para-hydroxylation sites is 1. The van der Waals surface area contributed by atoms with Crippen LogP contribution in [0.2, 0.25) is 10.0 Å². The predicted molar refractivity (Wildman–Crippen MR) is 173 cm³/mol. The van der Waals surface area contributed by atoms with Crippen molar-refractivity contribution in [2.24, 2.45) is 11.5 Å². The number of nitrogens with two attached hydrogens (primary N) is 2. The van der Waals surface area contributed by atoms with E-state index in [1.807, 2.05) is 36.4 Å². The van der Waals surface area contributed by atoms with Crippen molar-refractivity contribution in [1.29, 1.82) is 0 Å². The van der Waals surface area contributed by atoms with Crippen LogP contribution in [0.5, 0.6) is 0 Å². The second-order valence-electron chi connectivity index (χ2n) is 11.1. The van der Waals surface area contributed by atoms with Crippen LogP contribution in [0, 0.1) is 0 Å². The van der Waals surface area contributed by atoms with Gasteiger partial charge in [0.1, 0.15) is 5.56 Å². The van der Waals surface area contributed by atoms with Crippen molar-refractivity contribution in [2.45, 2.75) is 41.3 Å². The van der Waals surface area contributed by atoms with Gasteiger partial charge in [-0.3, -0.25) is 24.3 Å². The minimum Gasteiger partial charge on any atom is -0.368 e. The van der Waals surface area contributed by atoms with Crippen LogP contribution in [0.25, 0.3) is 16.6 Å². The number of amides is 2.